The van der Waals surface area contributed by atoms with Crippen LogP contribution in [0.4, 0.5) is 11.5 Å². The molecule has 29 heavy (non-hydrogen) atoms. The van der Waals surface area contributed by atoms with Crippen LogP contribution in [-0.4, -0.2) is 36.1 Å². The molecule has 0 bridgehead atoms. The molecule has 0 radical (unpaired) electrons. The number of amides is 1. The van der Waals surface area contributed by atoms with Crippen molar-refractivity contribution < 1.29 is 9.53 Å². The summed E-state index contributed by atoms with van der Waals surface area (Å²) in [7, 11) is 1.55. The predicted molar refractivity (Wildman–Crippen MR) is 116 cm³/mol. The number of methoxy groups -OCH3 is 1. The van der Waals surface area contributed by atoms with Crippen LogP contribution >= 0.6 is 11.6 Å². The lowest BCUT2D eigenvalue weighted by Gasteiger charge is -2.29. The van der Waals surface area contributed by atoms with Crippen LogP contribution in [-0.2, 0) is 0 Å². The van der Waals surface area contributed by atoms with E-state index in [4.69, 9.17) is 21.3 Å². The van der Waals surface area contributed by atoms with Crippen LogP contribution in [0.25, 0.3) is 11.0 Å². The van der Waals surface area contributed by atoms with Crippen molar-refractivity contribution in [2.75, 3.05) is 30.4 Å². The summed E-state index contributed by atoms with van der Waals surface area (Å²) in [5, 5.41) is 3.52. The van der Waals surface area contributed by atoms with Crippen LogP contribution in [0.5, 0.6) is 5.75 Å². The van der Waals surface area contributed by atoms with Gasteiger partial charge in [-0.1, -0.05) is 23.7 Å². The Morgan fingerprint density at radius 3 is 2.48 bits per heavy atom. The molecule has 0 aliphatic carbocycles. The fraction of sp³-hybridized carbons (Fsp3) is 0.318. The van der Waals surface area contributed by atoms with E-state index < -0.39 is 0 Å². The molecule has 1 N–H and O–H groups in total. The fourth-order valence-corrected chi connectivity index (χ4v) is 3.73. The maximum Gasteiger partial charge on any atom is 0.278 e. The summed E-state index contributed by atoms with van der Waals surface area (Å²) in [5.74, 6) is 0.816. The van der Waals surface area contributed by atoms with Crippen LogP contribution in [0.15, 0.2) is 36.4 Å². The number of hydrogen-bond acceptors (Lipinski definition) is 5. The van der Waals surface area contributed by atoms with Gasteiger partial charge in [-0.2, -0.15) is 0 Å². The van der Waals surface area contributed by atoms with Crippen molar-refractivity contribution in [2.45, 2.75) is 26.2 Å². The van der Waals surface area contributed by atoms with Gasteiger partial charge in [0, 0.05) is 24.2 Å². The van der Waals surface area contributed by atoms with Crippen LogP contribution in [0.2, 0.25) is 5.02 Å². The van der Waals surface area contributed by atoms with Gasteiger partial charge in [-0.05, 0) is 49.9 Å². The summed E-state index contributed by atoms with van der Waals surface area (Å²) >= 11 is 6.19. The van der Waals surface area contributed by atoms with E-state index in [0.717, 1.165) is 37.0 Å². The maximum absolute atomic E-state index is 13.3. The summed E-state index contributed by atoms with van der Waals surface area (Å²) in [6.07, 6.45) is 3.36. The molecule has 2 aromatic carbocycles. The van der Waals surface area contributed by atoms with Gasteiger partial charge in [-0.15, -0.1) is 0 Å². The number of nitrogens with one attached hydrogen (secondary N) is 1. The number of benzene rings is 2. The first-order chi connectivity index (χ1) is 14.1. The predicted octanol–water partition coefficient (Wildman–Crippen LogP) is 4.84. The minimum absolute atomic E-state index is 0.316. The first-order valence-electron chi connectivity index (χ1n) is 9.74. The lowest BCUT2D eigenvalue weighted by atomic mass is 10.1. The molecule has 1 saturated heterocycles. The zero-order chi connectivity index (χ0) is 20.4. The largest absolute Gasteiger partial charge is 0.495 e. The number of rotatable bonds is 4. The number of carbonyl (C=O) groups excluding carboxylic acids is 1. The third kappa shape index (κ3) is 3.98. The van der Waals surface area contributed by atoms with Crippen LogP contribution < -0.4 is 15.0 Å². The molecule has 1 aliphatic heterocycles. The van der Waals surface area contributed by atoms with Gasteiger partial charge in [0.15, 0.2) is 11.5 Å². The zero-order valence-electron chi connectivity index (χ0n) is 16.5. The molecule has 4 rings (SSSR count). The molecular formula is C22H23ClN4O2. The van der Waals surface area contributed by atoms with Gasteiger partial charge in [0.05, 0.1) is 23.8 Å². The quantitative estimate of drug-likeness (QED) is 0.666. The van der Waals surface area contributed by atoms with Gasteiger partial charge in [-0.3, -0.25) is 4.79 Å². The first-order valence-corrected chi connectivity index (χ1v) is 10.1. The van der Waals surface area contributed by atoms with Gasteiger partial charge < -0.3 is 15.0 Å². The Balaban J connectivity index is 1.76. The number of fused-ring (bicyclic) bond motifs is 1. The topological polar surface area (TPSA) is 67.3 Å². The van der Waals surface area contributed by atoms with E-state index in [2.05, 4.69) is 15.2 Å². The summed E-state index contributed by atoms with van der Waals surface area (Å²) in [6, 6.07) is 11.1. The highest BCUT2D eigenvalue weighted by Crippen LogP contribution is 2.32. The number of carbonyl (C=O) groups is 1. The van der Waals surface area contributed by atoms with Crippen molar-refractivity contribution in [1.82, 2.24) is 9.97 Å². The molecule has 2 heterocycles. The Labute approximate surface area is 174 Å². The molecule has 1 fully saturated rings. The minimum Gasteiger partial charge on any atom is -0.495 e. The van der Waals surface area contributed by atoms with E-state index in [1.165, 1.54) is 6.42 Å². The Hall–Kier alpha value is -2.86. The molecule has 0 saturated carbocycles. The molecule has 0 unspecified atom stereocenters. The molecule has 6 nitrogen and oxygen atoms in total. The zero-order valence-corrected chi connectivity index (χ0v) is 17.3. The second-order valence-corrected chi connectivity index (χ2v) is 7.60. The Kier molecular flexibility index (Phi) is 5.53. The highest BCUT2D eigenvalue weighted by atomic mass is 35.5. The summed E-state index contributed by atoms with van der Waals surface area (Å²) in [5.41, 5.74) is 3.20. The third-order valence-electron chi connectivity index (χ3n) is 5.15. The maximum atomic E-state index is 13.3. The van der Waals surface area contributed by atoms with Crippen molar-refractivity contribution >= 4 is 40.0 Å². The average molecular weight is 411 g/mol. The number of piperidine rings is 1. The Bertz CT molecular complexity index is 1060. The molecule has 0 atom stereocenters. The van der Waals surface area contributed by atoms with Crippen LogP contribution in [0.3, 0.4) is 0 Å². The number of para-hydroxylation sites is 2. The second-order valence-electron chi connectivity index (χ2n) is 7.19. The summed E-state index contributed by atoms with van der Waals surface area (Å²) < 4.78 is 5.39. The molecule has 7 heteroatoms. The molecule has 0 spiro atoms. The number of anilines is 2. The highest BCUT2D eigenvalue weighted by molar-refractivity contribution is 6.31. The smallest absolute Gasteiger partial charge is 0.278 e. The molecule has 1 aromatic heterocycles. The number of aryl methyl sites for hydroxylation is 1. The van der Waals surface area contributed by atoms with Crippen molar-refractivity contribution in [1.29, 1.82) is 0 Å². The van der Waals surface area contributed by atoms with Crippen molar-refractivity contribution in [3.05, 3.63) is 52.7 Å². The lowest BCUT2D eigenvalue weighted by molar-refractivity contribution is 0.102. The lowest BCUT2D eigenvalue weighted by Crippen LogP contribution is -2.33. The normalized spacial score (nSPS) is 14.1. The van der Waals surface area contributed by atoms with Crippen molar-refractivity contribution in [3.63, 3.8) is 0 Å². The van der Waals surface area contributed by atoms with Gasteiger partial charge in [0.25, 0.3) is 5.91 Å². The summed E-state index contributed by atoms with van der Waals surface area (Å²) in [6.45, 7) is 3.62. The van der Waals surface area contributed by atoms with Crippen LogP contribution in [0, 0.1) is 6.92 Å². The van der Waals surface area contributed by atoms with E-state index in [0.29, 0.717) is 33.5 Å². The number of nitrogens with zero attached hydrogens (tertiary/aromatic N) is 3. The average Bonchev–Trinajstić information content (AvgIpc) is 2.75. The van der Waals surface area contributed by atoms with Gasteiger partial charge in [-0.25, -0.2) is 9.97 Å². The van der Waals surface area contributed by atoms with Crippen molar-refractivity contribution in [2.24, 2.45) is 0 Å². The van der Waals surface area contributed by atoms with Crippen LogP contribution in [0.1, 0.15) is 35.3 Å². The number of ether oxygens (including phenoxy) is 1. The Morgan fingerprint density at radius 2 is 1.79 bits per heavy atom. The van der Waals surface area contributed by atoms with E-state index in [-0.39, 0.29) is 5.91 Å². The van der Waals surface area contributed by atoms with Gasteiger partial charge in [0.1, 0.15) is 5.75 Å². The molecule has 1 aliphatic rings. The standard InChI is InChI=1S/C22H23ClN4O2/c1-14-12-18(19(29-2)13-15(14)23)26-22(28)20-21(27-10-6-3-7-11-27)25-17-9-5-4-8-16(17)24-20/h4-5,8-9,12-13H,3,6-7,10-11H2,1-2H3,(H,26,28). The van der Waals surface area contributed by atoms with E-state index in [9.17, 15) is 4.79 Å². The Morgan fingerprint density at radius 1 is 1.10 bits per heavy atom. The van der Waals surface area contributed by atoms with Gasteiger partial charge in [0.2, 0.25) is 0 Å². The second kappa shape index (κ2) is 8.25. The van der Waals surface area contributed by atoms with Gasteiger partial charge >= 0.3 is 0 Å². The molecule has 3 aromatic rings. The fourth-order valence-electron chi connectivity index (χ4n) is 3.58. The van der Waals surface area contributed by atoms with E-state index >= 15 is 0 Å². The summed E-state index contributed by atoms with van der Waals surface area (Å²) in [4.78, 5) is 24.9. The monoisotopic (exact) mass is 410 g/mol. The number of hydrogen-bond donors (Lipinski definition) is 1. The number of aromatic nitrogens is 2. The number of halogens is 1. The SMILES string of the molecule is COc1cc(Cl)c(C)cc1NC(=O)c1nc2ccccc2nc1N1CCCCC1. The first kappa shape index (κ1) is 19.5. The molecule has 150 valence electrons. The minimum atomic E-state index is -0.316. The van der Waals surface area contributed by atoms with E-state index in [1.54, 1.807) is 19.2 Å². The third-order valence-corrected chi connectivity index (χ3v) is 5.56. The molecule has 1 amide bonds. The van der Waals surface area contributed by atoms with E-state index in [1.807, 2.05) is 31.2 Å². The molecular weight excluding hydrogens is 388 g/mol. The highest BCUT2D eigenvalue weighted by Gasteiger charge is 2.23. The van der Waals surface area contributed by atoms with Crippen molar-refractivity contribution in [3.8, 4) is 5.75 Å².